The Bertz CT molecular complexity index is 638. The quantitative estimate of drug-likeness (QED) is 0.688. The van der Waals surface area contributed by atoms with E-state index in [0.29, 0.717) is 24.2 Å². The maximum atomic E-state index is 13.0. The predicted octanol–water partition coefficient (Wildman–Crippen LogP) is 4.47. The van der Waals surface area contributed by atoms with Crippen LogP contribution in [0.5, 0.6) is 0 Å². The summed E-state index contributed by atoms with van der Waals surface area (Å²) in [5.41, 5.74) is 0.106. The molecule has 1 aliphatic heterocycles. The highest BCUT2D eigenvalue weighted by atomic mass is 16.5. The Morgan fingerprint density at radius 1 is 1.00 bits per heavy atom. The van der Waals surface area contributed by atoms with Crippen LogP contribution in [0.25, 0.3) is 0 Å². The van der Waals surface area contributed by atoms with Crippen molar-refractivity contribution >= 4 is 11.9 Å². The second-order valence-corrected chi connectivity index (χ2v) is 11.4. The van der Waals surface area contributed by atoms with E-state index < -0.39 is 0 Å². The molecular formula is C23H37NO3. The lowest BCUT2D eigenvalue weighted by Crippen LogP contribution is -2.57. The Hall–Kier alpha value is -1.06. The highest BCUT2D eigenvalue weighted by molar-refractivity contribution is 5.80. The van der Waals surface area contributed by atoms with Crippen LogP contribution in [0.2, 0.25) is 0 Å². The fourth-order valence-corrected chi connectivity index (χ4v) is 7.44. The molecule has 3 aliphatic carbocycles. The molecule has 0 radical (unpaired) electrons. The van der Waals surface area contributed by atoms with Crippen LogP contribution >= 0.6 is 0 Å². The molecule has 152 valence electrons. The van der Waals surface area contributed by atoms with E-state index in [2.05, 4.69) is 39.9 Å². The highest BCUT2D eigenvalue weighted by Crippen LogP contribution is 2.66. The number of carbonyl (C=O) groups is 2. The Kier molecular flexibility index (Phi) is 4.44. The first-order chi connectivity index (χ1) is 12.5. The lowest BCUT2D eigenvalue weighted by atomic mass is 9.47. The van der Waals surface area contributed by atoms with Crippen LogP contribution in [-0.2, 0) is 14.3 Å². The molecule has 4 heteroatoms. The number of hydrogen-bond donors (Lipinski definition) is 1. The molecule has 1 N–H and O–H groups in total. The van der Waals surface area contributed by atoms with Gasteiger partial charge in [-0.3, -0.25) is 9.59 Å². The van der Waals surface area contributed by atoms with E-state index in [4.69, 9.17) is 4.74 Å². The van der Waals surface area contributed by atoms with Crippen molar-refractivity contribution in [2.45, 2.75) is 97.6 Å². The molecule has 0 aromatic rings. The van der Waals surface area contributed by atoms with Gasteiger partial charge in [-0.25, -0.2) is 0 Å². The molecular weight excluding hydrogens is 338 g/mol. The lowest BCUT2D eigenvalue weighted by Gasteiger charge is -2.59. The summed E-state index contributed by atoms with van der Waals surface area (Å²) in [6.07, 6.45) is 8.37. The summed E-state index contributed by atoms with van der Waals surface area (Å²) in [5.74, 6) is 2.38. The number of carbonyl (C=O) groups excluding carboxylic acids is 2. The zero-order valence-corrected chi connectivity index (χ0v) is 17.8. The van der Waals surface area contributed by atoms with Gasteiger partial charge in [-0.1, -0.05) is 13.8 Å². The molecule has 7 atom stereocenters. The molecule has 1 amide bonds. The number of amides is 1. The SMILES string of the molecule is CC(C)(C)NC(=O)C1CCC2C3CC[C@H]4OC(=O)CC[C@]4(C)C3CC[C@]12C. The number of ether oxygens (including phenoxy) is 1. The van der Waals surface area contributed by atoms with E-state index in [-0.39, 0.29) is 40.3 Å². The molecule has 0 bridgehead atoms. The van der Waals surface area contributed by atoms with Crippen molar-refractivity contribution in [2.24, 2.45) is 34.5 Å². The van der Waals surface area contributed by atoms with Crippen LogP contribution in [0, 0.1) is 34.5 Å². The number of hydrogen-bond acceptors (Lipinski definition) is 3. The predicted molar refractivity (Wildman–Crippen MR) is 105 cm³/mol. The number of esters is 1. The van der Waals surface area contributed by atoms with Crippen molar-refractivity contribution < 1.29 is 14.3 Å². The van der Waals surface area contributed by atoms with E-state index in [1.165, 1.54) is 12.8 Å². The van der Waals surface area contributed by atoms with Crippen molar-refractivity contribution in [3.05, 3.63) is 0 Å². The third-order valence-corrected chi connectivity index (χ3v) is 8.74. The molecule has 0 aromatic heterocycles. The standard InChI is InChI=1S/C23H37NO3/c1-21(2,3)24-20(26)17-8-7-15-14-6-9-18-23(5,13-11-19(25)27-18)16(14)10-12-22(15,17)4/h14-18H,6-13H2,1-5H3,(H,24,26)/t14?,15?,16?,17?,18-,22+,23-/m1/s1. The first-order valence-corrected chi connectivity index (χ1v) is 11.1. The monoisotopic (exact) mass is 375 g/mol. The zero-order chi connectivity index (χ0) is 19.6. The molecule has 4 fully saturated rings. The number of nitrogens with one attached hydrogen (secondary N) is 1. The van der Waals surface area contributed by atoms with Gasteiger partial charge < -0.3 is 10.1 Å². The van der Waals surface area contributed by atoms with Crippen molar-refractivity contribution in [3.63, 3.8) is 0 Å². The zero-order valence-electron chi connectivity index (χ0n) is 17.8. The summed E-state index contributed by atoms with van der Waals surface area (Å²) in [6, 6.07) is 0. The van der Waals surface area contributed by atoms with Gasteiger partial charge in [0, 0.05) is 23.3 Å². The van der Waals surface area contributed by atoms with Gasteiger partial charge in [0.25, 0.3) is 0 Å². The minimum absolute atomic E-state index is 0.00338. The smallest absolute Gasteiger partial charge is 0.306 e. The van der Waals surface area contributed by atoms with Gasteiger partial charge in [0.15, 0.2) is 0 Å². The molecule has 3 saturated carbocycles. The Morgan fingerprint density at radius 3 is 2.41 bits per heavy atom. The molecule has 1 heterocycles. The molecule has 0 spiro atoms. The van der Waals surface area contributed by atoms with E-state index in [0.717, 1.165) is 32.1 Å². The number of rotatable bonds is 1. The maximum Gasteiger partial charge on any atom is 0.306 e. The van der Waals surface area contributed by atoms with E-state index in [1.807, 2.05) is 0 Å². The van der Waals surface area contributed by atoms with Crippen LogP contribution in [0.4, 0.5) is 0 Å². The summed E-state index contributed by atoms with van der Waals surface area (Å²) in [6.45, 7) is 11.0. The van der Waals surface area contributed by atoms with Crippen LogP contribution in [0.15, 0.2) is 0 Å². The maximum absolute atomic E-state index is 13.0. The van der Waals surface area contributed by atoms with Crippen molar-refractivity contribution in [1.82, 2.24) is 5.32 Å². The van der Waals surface area contributed by atoms with Gasteiger partial charge in [0.2, 0.25) is 5.91 Å². The van der Waals surface area contributed by atoms with Gasteiger partial charge >= 0.3 is 5.97 Å². The second kappa shape index (κ2) is 6.22. The van der Waals surface area contributed by atoms with Crippen LogP contribution in [-0.4, -0.2) is 23.5 Å². The minimum atomic E-state index is -0.166. The van der Waals surface area contributed by atoms with Gasteiger partial charge in [0.05, 0.1) is 0 Å². The van der Waals surface area contributed by atoms with Gasteiger partial charge in [-0.15, -0.1) is 0 Å². The van der Waals surface area contributed by atoms with Gasteiger partial charge in [-0.2, -0.15) is 0 Å². The minimum Gasteiger partial charge on any atom is -0.462 e. The molecule has 4 nitrogen and oxygen atoms in total. The third kappa shape index (κ3) is 3.02. The molecule has 27 heavy (non-hydrogen) atoms. The summed E-state index contributed by atoms with van der Waals surface area (Å²) >= 11 is 0. The van der Waals surface area contributed by atoms with Crippen LogP contribution in [0.3, 0.4) is 0 Å². The highest BCUT2D eigenvalue weighted by Gasteiger charge is 2.62. The van der Waals surface area contributed by atoms with Crippen molar-refractivity contribution in [1.29, 1.82) is 0 Å². The first-order valence-electron chi connectivity index (χ1n) is 11.1. The fourth-order valence-electron chi connectivity index (χ4n) is 7.44. The average Bonchev–Trinajstić information content (AvgIpc) is 2.91. The van der Waals surface area contributed by atoms with E-state index in [1.54, 1.807) is 0 Å². The first kappa shape index (κ1) is 19.3. The molecule has 4 rings (SSSR count). The Labute approximate surface area is 164 Å². The average molecular weight is 376 g/mol. The fraction of sp³-hybridized carbons (Fsp3) is 0.913. The Balaban J connectivity index is 1.55. The topological polar surface area (TPSA) is 55.4 Å². The van der Waals surface area contributed by atoms with Gasteiger partial charge in [0.1, 0.15) is 6.10 Å². The van der Waals surface area contributed by atoms with Gasteiger partial charge in [-0.05, 0) is 88.9 Å². The van der Waals surface area contributed by atoms with E-state index in [9.17, 15) is 9.59 Å². The summed E-state index contributed by atoms with van der Waals surface area (Å²) in [4.78, 5) is 24.9. The normalized spacial score (nSPS) is 46.7. The van der Waals surface area contributed by atoms with Crippen molar-refractivity contribution in [2.75, 3.05) is 0 Å². The lowest BCUT2D eigenvalue weighted by molar-refractivity contribution is -0.192. The van der Waals surface area contributed by atoms with Crippen LogP contribution < -0.4 is 5.32 Å². The largest absolute Gasteiger partial charge is 0.462 e. The number of fused-ring (bicyclic) bond motifs is 5. The summed E-state index contributed by atoms with van der Waals surface area (Å²) in [7, 11) is 0. The third-order valence-electron chi connectivity index (χ3n) is 8.74. The van der Waals surface area contributed by atoms with Crippen molar-refractivity contribution in [3.8, 4) is 0 Å². The Morgan fingerprint density at radius 2 is 1.70 bits per heavy atom. The second-order valence-electron chi connectivity index (χ2n) is 11.4. The summed E-state index contributed by atoms with van der Waals surface area (Å²) < 4.78 is 5.79. The molecule has 4 unspecified atom stereocenters. The molecule has 4 aliphatic rings. The van der Waals surface area contributed by atoms with E-state index >= 15 is 0 Å². The van der Waals surface area contributed by atoms with Crippen LogP contribution in [0.1, 0.15) is 86.0 Å². The molecule has 0 aromatic carbocycles. The summed E-state index contributed by atoms with van der Waals surface area (Å²) in [5, 5.41) is 3.25. The molecule has 1 saturated heterocycles.